The number of amides is 2. The van der Waals surface area contributed by atoms with E-state index in [9.17, 15) is 9.18 Å². The van der Waals surface area contributed by atoms with Crippen molar-refractivity contribution < 1.29 is 13.9 Å². The predicted octanol–water partition coefficient (Wildman–Crippen LogP) is 4.93. The topological polar surface area (TPSA) is 41.6 Å². The molecule has 0 radical (unpaired) electrons. The molecule has 122 valence electrons. The molecule has 0 heterocycles. The zero-order valence-electron chi connectivity index (χ0n) is 12.4. The van der Waals surface area contributed by atoms with Crippen LogP contribution in [0, 0.1) is 5.82 Å². The quantitative estimate of drug-likeness (QED) is 0.772. The van der Waals surface area contributed by atoms with Crippen molar-refractivity contribution in [1.82, 2.24) is 0 Å². The number of nitrogens with one attached hydrogen (secondary N) is 1. The van der Waals surface area contributed by atoms with Crippen molar-refractivity contribution in [2.75, 3.05) is 30.5 Å². The van der Waals surface area contributed by atoms with Gasteiger partial charge in [0.15, 0.2) is 0 Å². The van der Waals surface area contributed by atoms with Crippen LogP contribution < -0.4 is 10.2 Å². The van der Waals surface area contributed by atoms with Gasteiger partial charge in [-0.15, -0.1) is 0 Å². The van der Waals surface area contributed by atoms with E-state index in [0.29, 0.717) is 28.3 Å². The van der Waals surface area contributed by atoms with Gasteiger partial charge >= 0.3 is 6.03 Å². The first-order chi connectivity index (χ1) is 11.0. The number of anilines is 2. The molecule has 23 heavy (non-hydrogen) atoms. The van der Waals surface area contributed by atoms with Gasteiger partial charge in [-0.05, 0) is 42.5 Å². The number of urea groups is 1. The average molecular weight is 402 g/mol. The maximum Gasteiger partial charge on any atom is 0.326 e. The van der Waals surface area contributed by atoms with Crippen LogP contribution in [0.3, 0.4) is 0 Å². The Kier molecular flexibility index (Phi) is 6.38. The molecule has 2 rings (SSSR count). The lowest BCUT2D eigenvalue weighted by Gasteiger charge is -2.23. The van der Waals surface area contributed by atoms with E-state index in [1.807, 2.05) is 0 Å². The maximum atomic E-state index is 13.9. The molecule has 0 aliphatic carbocycles. The number of benzene rings is 2. The maximum absolute atomic E-state index is 13.9. The Bertz CT molecular complexity index is 682. The molecule has 0 spiro atoms. The first kappa shape index (κ1) is 17.7. The number of nitrogens with zero attached hydrogens (tertiary/aromatic N) is 1. The number of ether oxygens (including phenoxy) is 1. The van der Waals surface area contributed by atoms with E-state index < -0.39 is 11.8 Å². The summed E-state index contributed by atoms with van der Waals surface area (Å²) in [6, 6.07) is 10.8. The monoisotopic (exact) mass is 400 g/mol. The highest BCUT2D eigenvalue weighted by Crippen LogP contribution is 2.22. The van der Waals surface area contributed by atoms with Crippen molar-refractivity contribution in [3.05, 3.63) is 57.8 Å². The van der Waals surface area contributed by atoms with E-state index in [2.05, 4.69) is 21.2 Å². The molecule has 2 amide bonds. The second kappa shape index (κ2) is 8.29. The third-order valence-electron chi connectivity index (χ3n) is 3.08. The van der Waals surface area contributed by atoms with Crippen LogP contribution in [-0.2, 0) is 4.74 Å². The molecule has 0 bridgehead atoms. The number of carbonyl (C=O) groups excluding carboxylic acids is 1. The third-order valence-corrected chi connectivity index (χ3v) is 3.82. The molecule has 0 saturated heterocycles. The molecule has 4 nitrogen and oxygen atoms in total. The number of rotatable bonds is 5. The molecule has 2 aromatic carbocycles. The van der Waals surface area contributed by atoms with Gasteiger partial charge in [0.05, 0.1) is 18.8 Å². The highest BCUT2D eigenvalue weighted by molar-refractivity contribution is 9.10. The summed E-state index contributed by atoms with van der Waals surface area (Å²) in [5.41, 5.74) is 0.746. The van der Waals surface area contributed by atoms with Gasteiger partial charge in [-0.25, -0.2) is 9.18 Å². The lowest BCUT2D eigenvalue weighted by molar-refractivity contribution is 0.204. The zero-order valence-corrected chi connectivity index (χ0v) is 14.7. The fourth-order valence-electron chi connectivity index (χ4n) is 1.93. The lowest BCUT2D eigenvalue weighted by atomic mass is 10.3. The normalized spacial score (nSPS) is 10.4. The summed E-state index contributed by atoms with van der Waals surface area (Å²) < 4.78 is 19.5. The predicted molar refractivity (Wildman–Crippen MR) is 93.8 cm³/mol. The van der Waals surface area contributed by atoms with Crippen LogP contribution >= 0.6 is 27.5 Å². The summed E-state index contributed by atoms with van der Waals surface area (Å²) in [4.78, 5) is 13.9. The Morgan fingerprint density at radius 2 is 2.00 bits per heavy atom. The van der Waals surface area contributed by atoms with E-state index >= 15 is 0 Å². The molecule has 0 atom stereocenters. The number of hydrogen-bond acceptors (Lipinski definition) is 2. The molecule has 7 heteroatoms. The van der Waals surface area contributed by atoms with Gasteiger partial charge in [0.2, 0.25) is 0 Å². The summed E-state index contributed by atoms with van der Waals surface area (Å²) in [6.07, 6.45) is 0. The molecule has 0 saturated carbocycles. The van der Waals surface area contributed by atoms with Crippen molar-refractivity contribution >= 4 is 44.9 Å². The van der Waals surface area contributed by atoms with Gasteiger partial charge in [0, 0.05) is 22.3 Å². The Morgan fingerprint density at radius 3 is 2.61 bits per heavy atom. The summed E-state index contributed by atoms with van der Waals surface area (Å²) in [6.45, 7) is 0.668. The minimum atomic E-state index is -0.518. The van der Waals surface area contributed by atoms with Gasteiger partial charge in [-0.3, -0.25) is 4.90 Å². The van der Waals surface area contributed by atoms with Gasteiger partial charge in [-0.1, -0.05) is 27.5 Å². The molecule has 0 unspecified atom stereocenters. The lowest BCUT2D eigenvalue weighted by Crippen LogP contribution is -2.37. The van der Waals surface area contributed by atoms with Gasteiger partial charge in [0.1, 0.15) is 5.82 Å². The standard InChI is InChI=1S/C16H15BrClFN2O2/c1-23-9-8-21(13-5-3-12(18)4-6-13)16(22)20-15-7-2-11(17)10-14(15)19/h2-7,10H,8-9H2,1H3,(H,20,22). The van der Waals surface area contributed by atoms with E-state index in [4.69, 9.17) is 16.3 Å². The number of hydrogen-bond donors (Lipinski definition) is 1. The highest BCUT2D eigenvalue weighted by atomic mass is 79.9. The second-order valence-corrected chi connectivity index (χ2v) is 6.03. The number of halogens is 3. The van der Waals surface area contributed by atoms with Crippen LogP contribution in [0.15, 0.2) is 46.9 Å². The fraction of sp³-hybridized carbons (Fsp3) is 0.188. The summed E-state index contributed by atoms with van der Waals surface area (Å²) >= 11 is 9.04. The molecule has 0 aliphatic rings. The van der Waals surface area contributed by atoms with E-state index in [-0.39, 0.29) is 5.69 Å². The van der Waals surface area contributed by atoms with Crippen molar-refractivity contribution in [2.45, 2.75) is 0 Å². The summed E-state index contributed by atoms with van der Waals surface area (Å²) in [7, 11) is 1.55. The van der Waals surface area contributed by atoms with Crippen LogP contribution in [0.1, 0.15) is 0 Å². The van der Waals surface area contributed by atoms with Crippen molar-refractivity contribution in [2.24, 2.45) is 0 Å². The van der Waals surface area contributed by atoms with Gasteiger partial charge in [0.25, 0.3) is 0 Å². The Balaban J connectivity index is 2.20. The average Bonchev–Trinajstić information content (AvgIpc) is 2.52. The summed E-state index contributed by atoms with van der Waals surface area (Å²) in [5.74, 6) is -0.518. The van der Waals surface area contributed by atoms with Crippen molar-refractivity contribution in [3.8, 4) is 0 Å². The van der Waals surface area contributed by atoms with Crippen LogP contribution in [0.4, 0.5) is 20.6 Å². The summed E-state index contributed by atoms with van der Waals surface area (Å²) in [5, 5.41) is 3.13. The second-order valence-electron chi connectivity index (χ2n) is 4.68. The van der Waals surface area contributed by atoms with E-state index in [1.54, 1.807) is 37.4 Å². The Morgan fingerprint density at radius 1 is 1.30 bits per heavy atom. The first-order valence-electron chi connectivity index (χ1n) is 6.79. The zero-order chi connectivity index (χ0) is 16.8. The third kappa shape index (κ3) is 4.92. The molecule has 1 N–H and O–H groups in total. The number of carbonyl (C=O) groups is 1. The van der Waals surface area contributed by atoms with Gasteiger partial charge in [-0.2, -0.15) is 0 Å². The van der Waals surface area contributed by atoms with Crippen LogP contribution in [-0.4, -0.2) is 26.3 Å². The van der Waals surface area contributed by atoms with Crippen molar-refractivity contribution in [1.29, 1.82) is 0 Å². The molecule has 0 aromatic heterocycles. The van der Waals surface area contributed by atoms with Crippen LogP contribution in [0.25, 0.3) is 0 Å². The Hall–Kier alpha value is -1.63. The Labute approximate surface area is 147 Å². The SMILES string of the molecule is COCCN(C(=O)Nc1ccc(Br)cc1F)c1ccc(Cl)cc1. The van der Waals surface area contributed by atoms with E-state index in [1.165, 1.54) is 17.0 Å². The molecular weight excluding hydrogens is 387 g/mol. The largest absolute Gasteiger partial charge is 0.383 e. The van der Waals surface area contributed by atoms with Crippen LogP contribution in [0.5, 0.6) is 0 Å². The first-order valence-corrected chi connectivity index (χ1v) is 7.96. The number of methoxy groups -OCH3 is 1. The molecular formula is C16H15BrClFN2O2. The molecule has 0 fully saturated rings. The van der Waals surface area contributed by atoms with Gasteiger partial charge < -0.3 is 10.1 Å². The highest BCUT2D eigenvalue weighted by Gasteiger charge is 2.17. The minimum absolute atomic E-state index is 0.106. The van der Waals surface area contributed by atoms with Crippen LogP contribution in [0.2, 0.25) is 5.02 Å². The van der Waals surface area contributed by atoms with E-state index in [0.717, 1.165) is 0 Å². The smallest absolute Gasteiger partial charge is 0.326 e. The van der Waals surface area contributed by atoms with Crippen molar-refractivity contribution in [3.63, 3.8) is 0 Å². The fourth-order valence-corrected chi connectivity index (χ4v) is 2.38. The molecule has 2 aromatic rings. The molecule has 0 aliphatic heterocycles. The minimum Gasteiger partial charge on any atom is -0.383 e.